The van der Waals surface area contributed by atoms with Gasteiger partial charge in [0.05, 0.1) is 12.6 Å². The lowest BCUT2D eigenvalue weighted by Crippen LogP contribution is -2.42. The van der Waals surface area contributed by atoms with Crippen LogP contribution in [-0.2, 0) is 9.53 Å². The van der Waals surface area contributed by atoms with E-state index in [2.05, 4.69) is 19.2 Å². The van der Waals surface area contributed by atoms with Crippen LogP contribution in [-0.4, -0.2) is 31.7 Å². The molecule has 0 saturated heterocycles. The molecule has 1 aliphatic rings. The Bertz CT molecular complexity index is 215. The zero-order valence-electron chi connectivity index (χ0n) is 10.4. The van der Waals surface area contributed by atoms with Crippen molar-refractivity contribution in [2.75, 3.05) is 19.8 Å². The molecule has 0 unspecified atom stereocenters. The van der Waals surface area contributed by atoms with Crippen molar-refractivity contribution in [1.82, 2.24) is 5.32 Å². The number of nitrogens with one attached hydrogen (secondary N) is 1. The maximum atomic E-state index is 11.5. The molecule has 0 spiro atoms. The monoisotopic (exact) mass is 228 g/mol. The van der Waals surface area contributed by atoms with Gasteiger partial charge in [-0.2, -0.15) is 0 Å². The van der Waals surface area contributed by atoms with Crippen LogP contribution in [0, 0.1) is 11.8 Å². The molecular formula is C12H24N2O2. The van der Waals surface area contributed by atoms with E-state index in [9.17, 15) is 4.79 Å². The summed E-state index contributed by atoms with van der Waals surface area (Å²) >= 11 is 0. The van der Waals surface area contributed by atoms with Crippen LogP contribution in [0.5, 0.6) is 0 Å². The molecule has 0 aliphatic heterocycles. The first kappa shape index (κ1) is 13.5. The highest BCUT2D eigenvalue weighted by Crippen LogP contribution is 2.28. The molecular weight excluding hydrogens is 204 g/mol. The topological polar surface area (TPSA) is 64.4 Å². The average Bonchev–Trinajstić information content (AvgIpc) is 2.99. The van der Waals surface area contributed by atoms with Gasteiger partial charge in [-0.3, -0.25) is 4.79 Å². The maximum absolute atomic E-state index is 11.5. The van der Waals surface area contributed by atoms with Crippen molar-refractivity contribution >= 4 is 5.91 Å². The molecule has 0 heterocycles. The second kappa shape index (κ2) is 6.86. The number of hydrogen-bond donors (Lipinski definition) is 2. The second-order valence-corrected chi connectivity index (χ2v) is 5.05. The molecule has 0 aromatic heterocycles. The Kier molecular flexibility index (Phi) is 5.77. The van der Waals surface area contributed by atoms with Crippen molar-refractivity contribution in [2.45, 2.75) is 39.2 Å². The first-order chi connectivity index (χ1) is 7.59. The number of nitrogens with two attached hydrogens (primary N) is 1. The molecule has 0 aromatic carbocycles. The lowest BCUT2D eigenvalue weighted by atomic mass is 10.0. The summed E-state index contributed by atoms with van der Waals surface area (Å²) in [6.07, 6.45) is 3.33. The van der Waals surface area contributed by atoms with E-state index in [4.69, 9.17) is 10.5 Å². The lowest BCUT2D eigenvalue weighted by molar-refractivity contribution is -0.122. The number of amides is 1. The molecule has 4 heteroatoms. The minimum Gasteiger partial charge on any atom is -0.379 e. The van der Waals surface area contributed by atoms with E-state index in [1.807, 2.05) is 0 Å². The molecule has 0 aromatic rings. The predicted molar refractivity (Wildman–Crippen MR) is 64.0 cm³/mol. The summed E-state index contributed by atoms with van der Waals surface area (Å²) in [5.74, 6) is 1.16. The van der Waals surface area contributed by atoms with Gasteiger partial charge in [0.2, 0.25) is 5.91 Å². The number of carbonyl (C=O) groups is 1. The van der Waals surface area contributed by atoms with Gasteiger partial charge in [0.1, 0.15) is 0 Å². The minimum absolute atomic E-state index is 0.0660. The van der Waals surface area contributed by atoms with Gasteiger partial charge in [-0.05, 0) is 31.1 Å². The second-order valence-electron chi connectivity index (χ2n) is 5.05. The van der Waals surface area contributed by atoms with Crippen molar-refractivity contribution in [3.63, 3.8) is 0 Å². The molecule has 3 N–H and O–H groups in total. The van der Waals surface area contributed by atoms with E-state index in [1.165, 1.54) is 12.8 Å². The summed E-state index contributed by atoms with van der Waals surface area (Å²) < 4.78 is 5.41. The van der Waals surface area contributed by atoms with Gasteiger partial charge in [-0.1, -0.05) is 13.8 Å². The quantitative estimate of drug-likeness (QED) is 0.607. The average molecular weight is 228 g/mol. The predicted octanol–water partition coefficient (Wildman–Crippen LogP) is 0.903. The smallest absolute Gasteiger partial charge is 0.237 e. The van der Waals surface area contributed by atoms with Crippen LogP contribution in [0.4, 0.5) is 0 Å². The third kappa shape index (κ3) is 6.08. The molecule has 0 bridgehead atoms. The highest BCUT2D eigenvalue weighted by molar-refractivity contribution is 5.81. The van der Waals surface area contributed by atoms with E-state index in [1.54, 1.807) is 0 Å². The standard InChI is InChI=1S/C12H24N2O2/c1-9(2)7-11(13)12(15)14-5-6-16-8-10-3-4-10/h9-11H,3-8,13H2,1-2H3,(H,14,15)/t11-/m0/s1. The van der Waals surface area contributed by atoms with Gasteiger partial charge in [-0.25, -0.2) is 0 Å². The van der Waals surface area contributed by atoms with Crippen LogP contribution in [0.3, 0.4) is 0 Å². The molecule has 94 valence electrons. The van der Waals surface area contributed by atoms with Crippen LogP contribution >= 0.6 is 0 Å². The number of hydrogen-bond acceptors (Lipinski definition) is 3. The summed E-state index contributed by atoms with van der Waals surface area (Å²) in [6, 6.07) is -0.386. The normalized spacial score (nSPS) is 17.5. The minimum atomic E-state index is -0.386. The van der Waals surface area contributed by atoms with Crippen LogP contribution in [0.2, 0.25) is 0 Å². The van der Waals surface area contributed by atoms with Gasteiger partial charge in [0, 0.05) is 13.2 Å². The van der Waals surface area contributed by atoms with E-state index in [-0.39, 0.29) is 11.9 Å². The van der Waals surface area contributed by atoms with Gasteiger partial charge in [0.25, 0.3) is 0 Å². The number of carbonyl (C=O) groups excluding carboxylic acids is 1. The number of ether oxygens (including phenoxy) is 1. The zero-order valence-corrected chi connectivity index (χ0v) is 10.4. The molecule has 1 saturated carbocycles. The fourth-order valence-corrected chi connectivity index (χ4v) is 1.53. The third-order valence-corrected chi connectivity index (χ3v) is 2.66. The summed E-state index contributed by atoms with van der Waals surface area (Å²) in [5, 5.41) is 2.79. The lowest BCUT2D eigenvalue weighted by Gasteiger charge is -2.14. The van der Waals surface area contributed by atoms with Crippen molar-refractivity contribution < 1.29 is 9.53 Å². The van der Waals surface area contributed by atoms with Gasteiger partial charge in [0.15, 0.2) is 0 Å². The van der Waals surface area contributed by atoms with Crippen LogP contribution in [0.1, 0.15) is 33.1 Å². The Morgan fingerprint density at radius 1 is 1.50 bits per heavy atom. The third-order valence-electron chi connectivity index (χ3n) is 2.66. The molecule has 0 radical (unpaired) electrons. The van der Waals surface area contributed by atoms with Crippen molar-refractivity contribution in [3.05, 3.63) is 0 Å². The Balaban J connectivity index is 1.95. The largest absolute Gasteiger partial charge is 0.379 e. The van der Waals surface area contributed by atoms with E-state index >= 15 is 0 Å². The molecule has 16 heavy (non-hydrogen) atoms. The van der Waals surface area contributed by atoms with Crippen molar-refractivity contribution in [1.29, 1.82) is 0 Å². The summed E-state index contributed by atoms with van der Waals surface area (Å²) in [5.41, 5.74) is 5.74. The summed E-state index contributed by atoms with van der Waals surface area (Å²) in [6.45, 7) is 6.12. The van der Waals surface area contributed by atoms with Crippen molar-refractivity contribution in [2.24, 2.45) is 17.6 Å². The van der Waals surface area contributed by atoms with Crippen molar-refractivity contribution in [3.8, 4) is 0 Å². The fraction of sp³-hybridized carbons (Fsp3) is 0.917. The van der Waals surface area contributed by atoms with E-state index < -0.39 is 0 Å². The molecule has 1 atom stereocenters. The van der Waals surface area contributed by atoms with Crippen LogP contribution < -0.4 is 11.1 Å². The molecule has 1 aliphatic carbocycles. The maximum Gasteiger partial charge on any atom is 0.237 e. The molecule has 1 rings (SSSR count). The Hall–Kier alpha value is -0.610. The van der Waals surface area contributed by atoms with E-state index in [0.717, 1.165) is 18.9 Å². The van der Waals surface area contributed by atoms with E-state index in [0.29, 0.717) is 19.1 Å². The first-order valence-corrected chi connectivity index (χ1v) is 6.20. The first-order valence-electron chi connectivity index (χ1n) is 6.20. The summed E-state index contributed by atoms with van der Waals surface area (Å²) in [7, 11) is 0. The van der Waals surface area contributed by atoms with Crippen LogP contribution in [0.15, 0.2) is 0 Å². The van der Waals surface area contributed by atoms with Gasteiger partial charge in [-0.15, -0.1) is 0 Å². The molecule has 1 fully saturated rings. The summed E-state index contributed by atoms with van der Waals surface area (Å²) in [4.78, 5) is 11.5. The highest BCUT2D eigenvalue weighted by Gasteiger charge is 2.21. The Morgan fingerprint density at radius 3 is 2.75 bits per heavy atom. The molecule has 1 amide bonds. The number of rotatable bonds is 8. The molecule has 4 nitrogen and oxygen atoms in total. The SMILES string of the molecule is CC(C)C[C@H](N)C(=O)NCCOCC1CC1. The van der Waals surface area contributed by atoms with Crippen LogP contribution in [0.25, 0.3) is 0 Å². The zero-order chi connectivity index (χ0) is 12.0. The van der Waals surface area contributed by atoms with Gasteiger partial charge >= 0.3 is 0 Å². The highest BCUT2D eigenvalue weighted by atomic mass is 16.5. The Morgan fingerprint density at radius 2 is 2.19 bits per heavy atom. The van der Waals surface area contributed by atoms with Gasteiger partial charge < -0.3 is 15.8 Å². The fourth-order valence-electron chi connectivity index (χ4n) is 1.53. The Labute approximate surface area is 97.9 Å².